The number of ether oxygens (including phenoxy) is 1. The van der Waals surface area contributed by atoms with Crippen LogP contribution < -0.4 is 5.32 Å². The molecule has 8 heteroatoms. The van der Waals surface area contributed by atoms with Crippen molar-refractivity contribution in [3.05, 3.63) is 35.0 Å². The van der Waals surface area contributed by atoms with E-state index in [1.807, 2.05) is 13.0 Å². The summed E-state index contributed by atoms with van der Waals surface area (Å²) >= 11 is 1.72. The number of morpholine rings is 1. The van der Waals surface area contributed by atoms with Crippen molar-refractivity contribution >= 4 is 17.2 Å². The summed E-state index contributed by atoms with van der Waals surface area (Å²) in [5, 5.41) is 9.20. The summed E-state index contributed by atoms with van der Waals surface area (Å²) in [4.78, 5) is 19.8. The summed E-state index contributed by atoms with van der Waals surface area (Å²) in [6, 6.07) is 3.97. The van der Waals surface area contributed by atoms with E-state index in [0.29, 0.717) is 19.7 Å². The highest BCUT2D eigenvalue weighted by atomic mass is 32.1. The Morgan fingerprint density at radius 1 is 1.58 bits per heavy atom. The lowest BCUT2D eigenvalue weighted by Gasteiger charge is -2.36. The van der Waals surface area contributed by atoms with Crippen LogP contribution in [0.4, 0.5) is 0 Å². The standard InChI is InChI=1S/C16H23N5O2S/c1-13(16(22)18-5-4-15-3-2-8-24-15)20-6-7-23-14(9-20)10-21-12-17-11-19-21/h2-3,8,11-14H,4-7,9-10H2,1H3,(H,18,22)/t13-,14-/m1/s1. The van der Waals surface area contributed by atoms with Crippen LogP contribution in [0.25, 0.3) is 0 Å². The Hall–Kier alpha value is -1.77. The van der Waals surface area contributed by atoms with Crippen LogP contribution in [-0.2, 0) is 22.5 Å². The maximum absolute atomic E-state index is 12.4. The van der Waals surface area contributed by atoms with Crippen molar-refractivity contribution in [3.63, 3.8) is 0 Å². The number of carbonyl (C=O) groups excluding carboxylic acids is 1. The smallest absolute Gasteiger partial charge is 0.237 e. The van der Waals surface area contributed by atoms with Crippen molar-refractivity contribution in [2.45, 2.75) is 32.0 Å². The molecule has 0 radical (unpaired) electrons. The van der Waals surface area contributed by atoms with Crippen LogP contribution in [0.15, 0.2) is 30.2 Å². The minimum Gasteiger partial charge on any atom is -0.374 e. The second kappa shape index (κ2) is 8.36. The lowest BCUT2D eigenvalue weighted by atomic mass is 10.2. The Labute approximate surface area is 145 Å². The normalized spacial score (nSPS) is 20.0. The van der Waals surface area contributed by atoms with Crippen LogP contribution in [0.3, 0.4) is 0 Å². The van der Waals surface area contributed by atoms with Gasteiger partial charge < -0.3 is 10.1 Å². The van der Waals surface area contributed by atoms with Crippen LogP contribution in [0, 0.1) is 0 Å². The van der Waals surface area contributed by atoms with E-state index in [1.54, 1.807) is 22.3 Å². The Kier molecular flexibility index (Phi) is 5.95. The van der Waals surface area contributed by atoms with Gasteiger partial charge in [-0.15, -0.1) is 11.3 Å². The molecule has 2 aromatic heterocycles. The minimum absolute atomic E-state index is 0.0295. The summed E-state index contributed by atoms with van der Waals surface area (Å²) in [6.07, 6.45) is 4.11. The second-order valence-corrected chi connectivity index (χ2v) is 6.93. The molecule has 1 aliphatic heterocycles. The lowest BCUT2D eigenvalue weighted by molar-refractivity contribution is -0.129. The average Bonchev–Trinajstić information content (AvgIpc) is 3.28. The molecule has 2 aromatic rings. The molecule has 130 valence electrons. The fraction of sp³-hybridized carbons (Fsp3) is 0.562. The quantitative estimate of drug-likeness (QED) is 0.800. The summed E-state index contributed by atoms with van der Waals surface area (Å²) in [5.41, 5.74) is 0. The van der Waals surface area contributed by atoms with Crippen LogP contribution in [0.1, 0.15) is 11.8 Å². The molecule has 1 fully saturated rings. The van der Waals surface area contributed by atoms with Crippen LogP contribution in [0.5, 0.6) is 0 Å². The van der Waals surface area contributed by atoms with Crippen LogP contribution >= 0.6 is 11.3 Å². The van der Waals surface area contributed by atoms with Gasteiger partial charge in [0, 0.05) is 24.5 Å². The van der Waals surface area contributed by atoms with Crippen molar-refractivity contribution in [2.75, 3.05) is 26.2 Å². The third-order valence-electron chi connectivity index (χ3n) is 4.21. The van der Waals surface area contributed by atoms with E-state index in [1.165, 1.54) is 11.2 Å². The van der Waals surface area contributed by atoms with E-state index >= 15 is 0 Å². The third kappa shape index (κ3) is 4.62. The van der Waals surface area contributed by atoms with E-state index < -0.39 is 0 Å². The zero-order valence-electron chi connectivity index (χ0n) is 13.8. The fourth-order valence-corrected chi connectivity index (χ4v) is 3.53. The maximum atomic E-state index is 12.4. The number of carbonyl (C=O) groups is 1. The van der Waals surface area contributed by atoms with Crippen molar-refractivity contribution < 1.29 is 9.53 Å². The molecule has 1 aliphatic rings. The minimum atomic E-state index is -0.157. The van der Waals surface area contributed by atoms with Crippen molar-refractivity contribution in [1.29, 1.82) is 0 Å². The molecule has 1 saturated heterocycles. The maximum Gasteiger partial charge on any atom is 0.237 e. The second-order valence-electron chi connectivity index (χ2n) is 5.90. The molecule has 0 spiro atoms. The van der Waals surface area contributed by atoms with E-state index in [-0.39, 0.29) is 18.1 Å². The molecule has 0 aromatic carbocycles. The molecule has 3 heterocycles. The molecule has 2 atom stereocenters. The van der Waals surface area contributed by atoms with E-state index in [4.69, 9.17) is 4.74 Å². The number of nitrogens with one attached hydrogen (secondary N) is 1. The van der Waals surface area contributed by atoms with Crippen molar-refractivity contribution in [1.82, 2.24) is 25.0 Å². The zero-order chi connectivity index (χ0) is 16.8. The average molecular weight is 349 g/mol. The van der Waals surface area contributed by atoms with Gasteiger partial charge in [-0.1, -0.05) is 6.07 Å². The first-order valence-electron chi connectivity index (χ1n) is 8.20. The highest BCUT2D eigenvalue weighted by Crippen LogP contribution is 2.11. The predicted molar refractivity (Wildman–Crippen MR) is 91.8 cm³/mol. The van der Waals surface area contributed by atoms with Gasteiger partial charge in [0.25, 0.3) is 0 Å². The number of thiophene rings is 1. The lowest BCUT2D eigenvalue weighted by Crippen LogP contribution is -2.53. The van der Waals surface area contributed by atoms with Gasteiger partial charge in [-0.05, 0) is 24.8 Å². The predicted octanol–water partition coefficient (Wildman–Crippen LogP) is 0.788. The van der Waals surface area contributed by atoms with Gasteiger partial charge in [-0.25, -0.2) is 4.98 Å². The molecule has 3 rings (SSSR count). The molecule has 0 saturated carbocycles. The van der Waals surface area contributed by atoms with Gasteiger partial charge in [0.05, 0.1) is 25.3 Å². The molecule has 0 bridgehead atoms. The summed E-state index contributed by atoms with van der Waals surface area (Å²) < 4.78 is 7.54. The summed E-state index contributed by atoms with van der Waals surface area (Å²) in [5.74, 6) is 0.0768. The third-order valence-corrected chi connectivity index (χ3v) is 5.14. The van der Waals surface area contributed by atoms with Gasteiger partial charge in [-0.3, -0.25) is 14.4 Å². The highest BCUT2D eigenvalue weighted by molar-refractivity contribution is 7.09. The Balaban J connectivity index is 1.44. The Bertz CT molecular complexity index is 616. The van der Waals surface area contributed by atoms with Crippen LogP contribution in [0.2, 0.25) is 0 Å². The van der Waals surface area contributed by atoms with E-state index in [0.717, 1.165) is 19.5 Å². The largest absolute Gasteiger partial charge is 0.374 e. The number of nitrogens with zero attached hydrogens (tertiary/aromatic N) is 4. The number of hydrogen-bond donors (Lipinski definition) is 1. The summed E-state index contributed by atoms with van der Waals surface area (Å²) in [7, 11) is 0. The van der Waals surface area contributed by atoms with E-state index in [2.05, 4.69) is 31.7 Å². The van der Waals surface area contributed by atoms with Gasteiger partial charge in [0.1, 0.15) is 12.7 Å². The van der Waals surface area contributed by atoms with E-state index in [9.17, 15) is 4.79 Å². The first-order valence-corrected chi connectivity index (χ1v) is 9.08. The SMILES string of the molecule is C[C@H](C(=O)NCCc1cccs1)N1CCO[C@@H](Cn2cncn2)C1. The fourth-order valence-electron chi connectivity index (χ4n) is 2.82. The topological polar surface area (TPSA) is 72.3 Å². The number of amides is 1. The van der Waals surface area contributed by atoms with Gasteiger partial charge >= 0.3 is 0 Å². The molecule has 1 N–H and O–H groups in total. The van der Waals surface area contributed by atoms with Gasteiger partial charge in [0.2, 0.25) is 5.91 Å². The van der Waals surface area contributed by atoms with Crippen molar-refractivity contribution in [2.24, 2.45) is 0 Å². The van der Waals surface area contributed by atoms with Gasteiger partial charge in [0.15, 0.2) is 0 Å². The highest BCUT2D eigenvalue weighted by Gasteiger charge is 2.28. The Morgan fingerprint density at radius 2 is 2.50 bits per heavy atom. The molecule has 0 unspecified atom stereocenters. The zero-order valence-corrected chi connectivity index (χ0v) is 14.6. The number of hydrogen-bond acceptors (Lipinski definition) is 6. The molecular formula is C16H23N5O2S. The molecule has 24 heavy (non-hydrogen) atoms. The molecular weight excluding hydrogens is 326 g/mol. The monoisotopic (exact) mass is 349 g/mol. The molecule has 1 amide bonds. The number of aromatic nitrogens is 3. The Morgan fingerprint density at radius 3 is 3.25 bits per heavy atom. The molecule has 7 nitrogen and oxygen atoms in total. The van der Waals surface area contributed by atoms with Crippen molar-refractivity contribution in [3.8, 4) is 0 Å². The first kappa shape index (κ1) is 17.1. The molecule has 0 aliphatic carbocycles. The van der Waals surface area contributed by atoms with Gasteiger partial charge in [-0.2, -0.15) is 5.10 Å². The number of rotatable bonds is 7. The van der Waals surface area contributed by atoms with Crippen LogP contribution in [-0.4, -0.2) is 64.0 Å². The summed E-state index contributed by atoms with van der Waals surface area (Å²) in [6.45, 7) is 5.41. The first-order chi connectivity index (χ1) is 11.7.